The van der Waals surface area contributed by atoms with Crippen LogP contribution >= 0.6 is 0 Å². The number of rotatable bonds is 6. The van der Waals surface area contributed by atoms with Crippen molar-refractivity contribution < 1.29 is 22.4 Å². The van der Waals surface area contributed by atoms with E-state index in [1.54, 1.807) is 31.2 Å². The van der Waals surface area contributed by atoms with Crippen molar-refractivity contribution in [3.8, 4) is 11.5 Å². The van der Waals surface area contributed by atoms with Crippen molar-refractivity contribution in [2.45, 2.75) is 18.4 Å². The highest BCUT2D eigenvalue weighted by atomic mass is 32.2. The second kappa shape index (κ2) is 9.01. The van der Waals surface area contributed by atoms with E-state index < -0.39 is 10.0 Å². The molecule has 1 fully saturated rings. The Kier molecular flexibility index (Phi) is 6.17. The minimum Gasteiger partial charge on any atom is -0.441 e. The fraction of sp³-hybridized carbons (Fsp3) is 0.273. The van der Waals surface area contributed by atoms with E-state index in [0.717, 1.165) is 11.1 Å². The lowest BCUT2D eigenvalue weighted by Gasteiger charge is -2.26. The molecule has 0 atom stereocenters. The fourth-order valence-corrected chi connectivity index (χ4v) is 4.70. The maximum atomic E-state index is 12.7. The van der Waals surface area contributed by atoms with Gasteiger partial charge in [-0.3, -0.25) is 4.79 Å². The van der Waals surface area contributed by atoms with Crippen molar-refractivity contribution in [1.82, 2.24) is 14.6 Å². The number of amides is 1. The van der Waals surface area contributed by atoms with Crippen LogP contribution in [-0.2, 0) is 21.3 Å². The van der Waals surface area contributed by atoms with Crippen LogP contribution in [-0.4, -0.2) is 49.9 Å². The van der Waals surface area contributed by atoms with Crippen LogP contribution in [0.4, 0.5) is 0 Å². The van der Waals surface area contributed by atoms with E-state index in [4.69, 9.17) is 9.15 Å². The molecule has 3 aromatic rings. The molecule has 0 radical (unpaired) electrons. The van der Waals surface area contributed by atoms with E-state index in [0.29, 0.717) is 38.0 Å². The number of carbonyl (C=O) groups is 1. The molecule has 8 nitrogen and oxygen atoms in total. The van der Waals surface area contributed by atoms with Crippen molar-refractivity contribution >= 4 is 15.9 Å². The zero-order valence-electron chi connectivity index (χ0n) is 17.1. The summed E-state index contributed by atoms with van der Waals surface area (Å²) in [6.07, 6.45) is 0. The molecule has 0 spiro atoms. The van der Waals surface area contributed by atoms with E-state index in [1.807, 2.05) is 30.3 Å². The Hall–Kier alpha value is -3.01. The van der Waals surface area contributed by atoms with Gasteiger partial charge in [0, 0.05) is 25.2 Å². The monoisotopic (exact) mass is 441 g/mol. The quantitative estimate of drug-likeness (QED) is 0.631. The maximum Gasteiger partial charge on any atom is 0.273 e. The number of morpholine rings is 1. The van der Waals surface area contributed by atoms with Crippen LogP contribution < -0.4 is 5.32 Å². The largest absolute Gasteiger partial charge is 0.441 e. The number of hydrogen-bond donors (Lipinski definition) is 1. The molecule has 1 aromatic heterocycles. The molecule has 1 amide bonds. The Balaban J connectivity index is 1.40. The molecule has 9 heteroatoms. The summed E-state index contributed by atoms with van der Waals surface area (Å²) in [5.41, 5.74) is 1.80. The van der Waals surface area contributed by atoms with Gasteiger partial charge in [-0.2, -0.15) is 4.31 Å². The Labute approximate surface area is 180 Å². The molecule has 31 heavy (non-hydrogen) atoms. The molecule has 162 valence electrons. The first-order valence-electron chi connectivity index (χ1n) is 9.93. The lowest BCUT2D eigenvalue weighted by Crippen LogP contribution is -2.40. The Morgan fingerprint density at radius 2 is 1.74 bits per heavy atom. The lowest BCUT2D eigenvalue weighted by atomic mass is 10.2. The predicted molar refractivity (Wildman–Crippen MR) is 114 cm³/mol. The third-order valence-corrected chi connectivity index (χ3v) is 6.93. The van der Waals surface area contributed by atoms with Gasteiger partial charge < -0.3 is 14.5 Å². The summed E-state index contributed by atoms with van der Waals surface area (Å²) < 4.78 is 37.6. The molecule has 1 N–H and O–H groups in total. The first kappa shape index (κ1) is 21.2. The van der Waals surface area contributed by atoms with Crippen molar-refractivity contribution in [3.05, 3.63) is 71.6 Å². The minimum atomic E-state index is -3.54. The standard InChI is InChI=1S/C22H23N3O5S/c1-16-20(24-22(30-16)18-5-3-2-4-6-18)21(26)23-15-17-7-9-19(10-8-17)31(27,28)25-11-13-29-14-12-25/h2-10H,11-15H2,1H3,(H,23,26). The van der Waals surface area contributed by atoms with E-state index in [9.17, 15) is 13.2 Å². The van der Waals surface area contributed by atoms with Crippen molar-refractivity contribution in [1.29, 1.82) is 0 Å². The minimum absolute atomic E-state index is 0.226. The smallest absolute Gasteiger partial charge is 0.273 e. The molecule has 2 aromatic carbocycles. The molecule has 2 heterocycles. The summed E-state index contributed by atoms with van der Waals surface area (Å²) in [6, 6.07) is 15.9. The van der Waals surface area contributed by atoms with Crippen LogP contribution in [0.1, 0.15) is 21.8 Å². The van der Waals surface area contributed by atoms with Gasteiger partial charge in [-0.25, -0.2) is 13.4 Å². The summed E-state index contributed by atoms with van der Waals surface area (Å²) in [5, 5.41) is 2.80. The average Bonchev–Trinajstić information content (AvgIpc) is 3.20. The number of carbonyl (C=O) groups excluding carboxylic acids is 1. The zero-order valence-corrected chi connectivity index (χ0v) is 17.9. The van der Waals surface area contributed by atoms with Gasteiger partial charge >= 0.3 is 0 Å². The summed E-state index contributed by atoms with van der Waals surface area (Å²) in [4.78, 5) is 17.1. The lowest BCUT2D eigenvalue weighted by molar-refractivity contribution is 0.0730. The third kappa shape index (κ3) is 4.68. The van der Waals surface area contributed by atoms with E-state index in [1.165, 1.54) is 4.31 Å². The highest BCUT2D eigenvalue weighted by Crippen LogP contribution is 2.22. The summed E-state index contributed by atoms with van der Waals surface area (Å²) in [5.74, 6) is 0.470. The highest BCUT2D eigenvalue weighted by Gasteiger charge is 2.26. The van der Waals surface area contributed by atoms with Gasteiger partial charge in [-0.1, -0.05) is 30.3 Å². The number of nitrogens with zero attached hydrogens (tertiary/aromatic N) is 2. The van der Waals surface area contributed by atoms with Crippen LogP contribution in [0.15, 0.2) is 63.9 Å². The Bertz CT molecular complexity index is 1150. The molecule has 4 rings (SSSR count). The van der Waals surface area contributed by atoms with Gasteiger partial charge in [0.25, 0.3) is 5.91 Å². The van der Waals surface area contributed by atoms with E-state index in [2.05, 4.69) is 10.3 Å². The Morgan fingerprint density at radius 3 is 2.42 bits per heavy atom. The van der Waals surface area contributed by atoms with Gasteiger partial charge in [0.15, 0.2) is 5.69 Å². The molecule has 1 aliphatic heterocycles. The topological polar surface area (TPSA) is 102 Å². The van der Waals surface area contributed by atoms with Crippen molar-refractivity contribution in [3.63, 3.8) is 0 Å². The highest BCUT2D eigenvalue weighted by molar-refractivity contribution is 7.89. The van der Waals surface area contributed by atoms with Crippen LogP contribution in [0.2, 0.25) is 0 Å². The summed E-state index contributed by atoms with van der Waals surface area (Å²) in [6.45, 7) is 3.43. The predicted octanol–water partition coefficient (Wildman–Crippen LogP) is 2.60. The maximum absolute atomic E-state index is 12.7. The molecular formula is C22H23N3O5S. The van der Waals surface area contributed by atoms with Gasteiger partial charge in [0.2, 0.25) is 15.9 Å². The van der Waals surface area contributed by atoms with Gasteiger partial charge in [0.1, 0.15) is 5.76 Å². The van der Waals surface area contributed by atoms with Gasteiger partial charge in [-0.15, -0.1) is 0 Å². The molecule has 0 bridgehead atoms. The molecule has 0 aliphatic carbocycles. The van der Waals surface area contributed by atoms with Crippen LogP contribution in [0.25, 0.3) is 11.5 Å². The van der Waals surface area contributed by atoms with Crippen molar-refractivity contribution in [2.24, 2.45) is 0 Å². The summed E-state index contributed by atoms with van der Waals surface area (Å²) >= 11 is 0. The third-order valence-electron chi connectivity index (χ3n) is 5.02. The van der Waals surface area contributed by atoms with Gasteiger partial charge in [0.05, 0.1) is 18.1 Å². The normalized spacial score (nSPS) is 15.0. The van der Waals surface area contributed by atoms with E-state index >= 15 is 0 Å². The van der Waals surface area contributed by atoms with Crippen molar-refractivity contribution in [2.75, 3.05) is 26.3 Å². The molecule has 0 unspecified atom stereocenters. The zero-order chi connectivity index (χ0) is 21.8. The molecule has 1 saturated heterocycles. The van der Waals surface area contributed by atoms with Crippen LogP contribution in [0, 0.1) is 6.92 Å². The fourth-order valence-electron chi connectivity index (χ4n) is 3.29. The van der Waals surface area contributed by atoms with Crippen LogP contribution in [0.3, 0.4) is 0 Å². The number of oxazole rings is 1. The first-order chi connectivity index (χ1) is 14.9. The average molecular weight is 442 g/mol. The molecule has 1 aliphatic rings. The molecule has 0 saturated carbocycles. The second-order valence-electron chi connectivity index (χ2n) is 7.13. The van der Waals surface area contributed by atoms with Crippen LogP contribution in [0.5, 0.6) is 0 Å². The number of nitrogens with one attached hydrogen (secondary N) is 1. The number of aryl methyl sites for hydroxylation is 1. The summed E-state index contributed by atoms with van der Waals surface area (Å²) in [7, 11) is -3.54. The van der Waals surface area contributed by atoms with E-state index in [-0.39, 0.29) is 23.0 Å². The Morgan fingerprint density at radius 1 is 1.06 bits per heavy atom. The number of aromatic nitrogens is 1. The van der Waals surface area contributed by atoms with Gasteiger partial charge in [-0.05, 0) is 36.8 Å². The number of sulfonamides is 1. The number of benzene rings is 2. The second-order valence-corrected chi connectivity index (χ2v) is 9.07. The number of ether oxygens (including phenoxy) is 1. The number of hydrogen-bond acceptors (Lipinski definition) is 6. The molecular weight excluding hydrogens is 418 g/mol. The SMILES string of the molecule is Cc1oc(-c2ccccc2)nc1C(=O)NCc1ccc(S(=O)(=O)N2CCOCC2)cc1. The first-order valence-corrected chi connectivity index (χ1v) is 11.4.